The number of hydrogen-bond acceptors (Lipinski definition) is 3. The van der Waals surface area contributed by atoms with Crippen molar-refractivity contribution in [3.05, 3.63) is 64.8 Å². The Morgan fingerprint density at radius 3 is 2.84 bits per heavy atom. The lowest BCUT2D eigenvalue weighted by molar-refractivity contribution is 0.777. The van der Waals surface area contributed by atoms with E-state index in [-0.39, 0.29) is 12.1 Å². The predicted octanol–water partition coefficient (Wildman–Crippen LogP) is 2.83. The number of rotatable bonds is 4. The highest BCUT2D eigenvalue weighted by molar-refractivity contribution is 7.71. The second-order valence-electron chi connectivity index (χ2n) is 3.87. The lowest BCUT2D eigenvalue weighted by Crippen LogP contribution is -2.25. The Hall–Kier alpha value is -2.27. The van der Waals surface area contributed by atoms with Gasteiger partial charge in [-0.2, -0.15) is 0 Å². The number of hydrogen-bond donors (Lipinski definition) is 1. The minimum atomic E-state index is -0.141. The first-order valence-corrected chi connectivity index (χ1v) is 6.10. The summed E-state index contributed by atoms with van der Waals surface area (Å²) in [5.41, 5.74) is 1.22. The standard InChI is InChI=1S/C14H13N3OS/c1-3-10(15-4-2)9-17-13(18)11-7-5-6-8-12(11)16-14(17)19/h3-8H,1-2,9H2,(H,16,19). The fraction of sp³-hybridized carbons (Fsp3) is 0.0714. The van der Waals surface area contributed by atoms with Crippen molar-refractivity contribution in [1.82, 2.24) is 9.55 Å². The maximum absolute atomic E-state index is 12.4. The molecule has 0 saturated heterocycles. The van der Waals surface area contributed by atoms with Crippen LogP contribution in [0, 0.1) is 4.77 Å². The fourth-order valence-electron chi connectivity index (χ4n) is 1.78. The third kappa shape index (κ3) is 2.61. The van der Waals surface area contributed by atoms with E-state index < -0.39 is 0 Å². The van der Waals surface area contributed by atoms with Crippen LogP contribution in [-0.2, 0) is 6.54 Å². The molecule has 0 bridgehead atoms. The van der Waals surface area contributed by atoms with E-state index in [1.54, 1.807) is 12.1 Å². The molecule has 5 heteroatoms. The molecule has 0 unspecified atom stereocenters. The van der Waals surface area contributed by atoms with Crippen molar-refractivity contribution in [3.63, 3.8) is 0 Å². The Kier molecular flexibility index (Phi) is 3.87. The molecule has 2 aromatic rings. The highest BCUT2D eigenvalue weighted by Crippen LogP contribution is 2.06. The van der Waals surface area contributed by atoms with Gasteiger partial charge in [0.25, 0.3) is 5.56 Å². The smallest absolute Gasteiger partial charge is 0.262 e. The summed E-state index contributed by atoms with van der Waals surface area (Å²) in [5, 5.41) is 0.595. The molecule has 0 aliphatic rings. The maximum atomic E-state index is 12.4. The first-order chi connectivity index (χ1) is 9.17. The molecule has 0 amide bonds. The summed E-state index contributed by atoms with van der Waals surface area (Å²) in [7, 11) is 0. The second kappa shape index (κ2) is 5.58. The molecule has 2 rings (SSSR count). The van der Waals surface area contributed by atoms with E-state index in [1.807, 2.05) is 18.2 Å². The average molecular weight is 271 g/mol. The Labute approximate surface area is 115 Å². The van der Waals surface area contributed by atoms with Crippen LogP contribution in [-0.4, -0.2) is 15.3 Å². The number of benzene rings is 1. The van der Waals surface area contributed by atoms with Gasteiger partial charge >= 0.3 is 0 Å². The number of aromatic nitrogens is 2. The van der Waals surface area contributed by atoms with Crippen LogP contribution in [0.15, 0.2) is 59.5 Å². The van der Waals surface area contributed by atoms with Crippen LogP contribution in [0.3, 0.4) is 0 Å². The predicted molar refractivity (Wildman–Crippen MR) is 81.2 cm³/mol. The van der Waals surface area contributed by atoms with Gasteiger partial charge < -0.3 is 4.98 Å². The molecule has 0 aliphatic carbocycles. The molecule has 0 aliphatic heterocycles. The molecule has 4 nitrogen and oxygen atoms in total. The van der Waals surface area contributed by atoms with Gasteiger partial charge in [-0.05, 0) is 30.4 Å². The van der Waals surface area contributed by atoms with Crippen molar-refractivity contribution in [2.45, 2.75) is 6.54 Å². The Morgan fingerprint density at radius 2 is 2.16 bits per heavy atom. The molecule has 1 aromatic carbocycles. The van der Waals surface area contributed by atoms with Gasteiger partial charge in [-0.15, -0.1) is 0 Å². The summed E-state index contributed by atoms with van der Waals surface area (Å²) < 4.78 is 1.82. The number of allylic oxidation sites excluding steroid dienone is 1. The van der Waals surface area contributed by atoms with Crippen LogP contribution in [0.2, 0.25) is 0 Å². The van der Waals surface area contributed by atoms with Crippen molar-refractivity contribution < 1.29 is 0 Å². The number of para-hydroxylation sites is 1. The molecular formula is C14H13N3OS. The van der Waals surface area contributed by atoms with Gasteiger partial charge in [0, 0.05) is 6.20 Å². The molecule has 96 valence electrons. The first-order valence-electron chi connectivity index (χ1n) is 5.69. The molecule has 19 heavy (non-hydrogen) atoms. The number of nitrogens with one attached hydrogen (secondary N) is 1. The monoisotopic (exact) mass is 271 g/mol. The van der Waals surface area contributed by atoms with Gasteiger partial charge in [0.15, 0.2) is 4.77 Å². The molecule has 1 aromatic heterocycles. The van der Waals surface area contributed by atoms with Crippen molar-refractivity contribution in [1.29, 1.82) is 0 Å². The number of fused-ring (bicyclic) bond motifs is 1. The van der Waals surface area contributed by atoms with Crippen LogP contribution in [0.1, 0.15) is 0 Å². The molecule has 0 saturated carbocycles. The maximum Gasteiger partial charge on any atom is 0.262 e. The number of aromatic amines is 1. The zero-order valence-corrected chi connectivity index (χ0v) is 11.1. The SMILES string of the molecule is C=CN=C(C=C)Cn1c(=S)[nH]c2ccccc2c1=O. The fourth-order valence-corrected chi connectivity index (χ4v) is 2.04. The lowest BCUT2D eigenvalue weighted by Gasteiger charge is -2.07. The van der Waals surface area contributed by atoms with E-state index in [1.165, 1.54) is 10.8 Å². The third-order valence-electron chi connectivity index (χ3n) is 2.70. The van der Waals surface area contributed by atoms with Crippen LogP contribution < -0.4 is 5.56 Å². The second-order valence-corrected chi connectivity index (χ2v) is 4.26. The van der Waals surface area contributed by atoms with E-state index in [4.69, 9.17) is 12.2 Å². The van der Waals surface area contributed by atoms with Crippen molar-refractivity contribution in [2.24, 2.45) is 4.99 Å². The molecule has 0 atom stereocenters. The number of aliphatic imine (C=N–C) groups is 1. The van der Waals surface area contributed by atoms with Crippen molar-refractivity contribution in [2.75, 3.05) is 0 Å². The largest absolute Gasteiger partial charge is 0.332 e. The van der Waals surface area contributed by atoms with Crippen LogP contribution in [0.5, 0.6) is 0 Å². The first kappa shape index (κ1) is 13.2. The molecule has 0 spiro atoms. The lowest BCUT2D eigenvalue weighted by atomic mass is 10.2. The molecule has 1 N–H and O–H groups in total. The third-order valence-corrected chi connectivity index (χ3v) is 3.02. The van der Waals surface area contributed by atoms with E-state index in [9.17, 15) is 4.79 Å². The highest BCUT2D eigenvalue weighted by atomic mass is 32.1. The van der Waals surface area contributed by atoms with Gasteiger partial charge in [-0.25, -0.2) is 0 Å². The van der Waals surface area contributed by atoms with E-state index >= 15 is 0 Å². The summed E-state index contributed by atoms with van der Waals surface area (Å²) in [6.45, 7) is 7.46. The highest BCUT2D eigenvalue weighted by Gasteiger charge is 2.06. The van der Waals surface area contributed by atoms with E-state index in [0.29, 0.717) is 15.9 Å². The molecular weight excluding hydrogens is 258 g/mol. The topological polar surface area (TPSA) is 50.1 Å². The summed E-state index contributed by atoms with van der Waals surface area (Å²) >= 11 is 5.21. The van der Waals surface area contributed by atoms with Gasteiger partial charge in [-0.3, -0.25) is 14.4 Å². The van der Waals surface area contributed by atoms with Gasteiger partial charge in [0.2, 0.25) is 0 Å². The zero-order chi connectivity index (χ0) is 13.8. The minimum absolute atomic E-state index is 0.141. The van der Waals surface area contributed by atoms with Crippen molar-refractivity contribution in [3.8, 4) is 0 Å². The molecule has 0 radical (unpaired) electrons. The Balaban J connectivity index is 2.64. The van der Waals surface area contributed by atoms with Gasteiger partial charge in [-0.1, -0.05) is 25.3 Å². The van der Waals surface area contributed by atoms with Crippen molar-refractivity contribution >= 4 is 28.8 Å². The zero-order valence-electron chi connectivity index (χ0n) is 10.3. The van der Waals surface area contributed by atoms with E-state index in [0.717, 1.165) is 5.52 Å². The van der Waals surface area contributed by atoms with Crippen LogP contribution in [0.4, 0.5) is 0 Å². The Bertz CT molecular complexity index is 783. The van der Waals surface area contributed by atoms with Crippen LogP contribution in [0.25, 0.3) is 10.9 Å². The number of nitrogens with zero attached hydrogens (tertiary/aromatic N) is 2. The normalized spacial score (nSPS) is 11.5. The van der Waals surface area contributed by atoms with Gasteiger partial charge in [0.1, 0.15) is 0 Å². The quantitative estimate of drug-likeness (QED) is 0.686. The average Bonchev–Trinajstić information content (AvgIpc) is 2.42. The summed E-state index contributed by atoms with van der Waals surface area (Å²) in [6, 6.07) is 7.25. The summed E-state index contributed by atoms with van der Waals surface area (Å²) in [6.07, 6.45) is 2.99. The minimum Gasteiger partial charge on any atom is -0.332 e. The summed E-state index contributed by atoms with van der Waals surface area (Å²) in [4.78, 5) is 19.4. The number of H-pyrrole nitrogens is 1. The summed E-state index contributed by atoms with van der Waals surface area (Å²) in [5.74, 6) is 0. The van der Waals surface area contributed by atoms with Gasteiger partial charge in [0.05, 0.1) is 23.2 Å². The van der Waals surface area contributed by atoms with Crippen LogP contribution >= 0.6 is 12.2 Å². The Morgan fingerprint density at radius 1 is 1.42 bits per heavy atom. The molecule has 1 heterocycles. The van der Waals surface area contributed by atoms with E-state index in [2.05, 4.69) is 23.1 Å². The molecule has 0 fully saturated rings.